The number of para-hydroxylation sites is 1. The van der Waals surface area contributed by atoms with E-state index < -0.39 is 0 Å². The Labute approximate surface area is 113 Å². The third-order valence-electron chi connectivity index (χ3n) is 3.88. The molecule has 3 nitrogen and oxygen atoms in total. The molecule has 19 heavy (non-hydrogen) atoms. The Bertz CT molecular complexity index is 586. The Kier molecular flexibility index (Phi) is 3.05. The molecule has 0 radical (unpaired) electrons. The minimum Gasteiger partial charge on any atom is -0.506 e. The Morgan fingerprint density at radius 1 is 1.11 bits per heavy atom. The van der Waals surface area contributed by atoms with Crippen LogP contribution in [0.3, 0.4) is 0 Å². The lowest BCUT2D eigenvalue weighted by atomic mass is 9.92. The minimum atomic E-state index is 0.262. The highest BCUT2D eigenvalue weighted by atomic mass is 16.3. The summed E-state index contributed by atoms with van der Waals surface area (Å²) in [5.74, 6) is 2.64. The van der Waals surface area contributed by atoms with Crippen LogP contribution in [0.25, 0.3) is 10.9 Å². The van der Waals surface area contributed by atoms with E-state index in [1.54, 1.807) is 6.07 Å². The van der Waals surface area contributed by atoms with Crippen LogP contribution in [0.1, 0.15) is 20.3 Å². The SMILES string of the molecule is CC1CC(C)CN(c2ccc3cccc(O)c3n2)C1. The molecule has 2 atom stereocenters. The van der Waals surface area contributed by atoms with E-state index in [1.807, 2.05) is 18.2 Å². The standard InChI is InChI=1S/C16H20N2O/c1-11-8-12(2)10-18(9-11)15-7-6-13-4-3-5-14(19)16(13)17-15/h3-7,11-12,19H,8-10H2,1-2H3. The van der Waals surface area contributed by atoms with E-state index in [0.29, 0.717) is 17.4 Å². The fraction of sp³-hybridized carbons (Fsp3) is 0.438. The molecule has 1 aliphatic rings. The Balaban J connectivity index is 1.98. The number of aromatic nitrogens is 1. The third-order valence-corrected chi connectivity index (χ3v) is 3.88. The molecule has 1 aromatic carbocycles. The maximum absolute atomic E-state index is 9.92. The molecular formula is C16H20N2O. The largest absolute Gasteiger partial charge is 0.506 e. The first kappa shape index (κ1) is 12.3. The first-order valence-corrected chi connectivity index (χ1v) is 6.97. The van der Waals surface area contributed by atoms with Crippen molar-refractivity contribution in [1.82, 2.24) is 4.98 Å². The van der Waals surface area contributed by atoms with Crippen LogP contribution in [0.15, 0.2) is 30.3 Å². The summed E-state index contributed by atoms with van der Waals surface area (Å²) in [6.07, 6.45) is 1.29. The van der Waals surface area contributed by atoms with Crippen molar-refractivity contribution in [2.24, 2.45) is 11.8 Å². The predicted octanol–water partition coefficient (Wildman–Crippen LogP) is 3.42. The van der Waals surface area contributed by atoms with Crippen molar-refractivity contribution in [2.45, 2.75) is 20.3 Å². The summed E-state index contributed by atoms with van der Waals surface area (Å²) in [5, 5.41) is 10.9. The van der Waals surface area contributed by atoms with E-state index in [9.17, 15) is 5.11 Å². The van der Waals surface area contributed by atoms with Gasteiger partial charge in [0.15, 0.2) is 0 Å². The molecule has 2 aromatic rings. The summed E-state index contributed by atoms with van der Waals surface area (Å²) in [4.78, 5) is 6.98. The van der Waals surface area contributed by atoms with Gasteiger partial charge >= 0.3 is 0 Å². The van der Waals surface area contributed by atoms with Crippen LogP contribution in [0.5, 0.6) is 5.75 Å². The third kappa shape index (κ3) is 2.37. The van der Waals surface area contributed by atoms with Crippen LogP contribution in [-0.2, 0) is 0 Å². The van der Waals surface area contributed by atoms with Crippen molar-refractivity contribution < 1.29 is 5.11 Å². The number of hydrogen-bond donors (Lipinski definition) is 1. The number of fused-ring (bicyclic) bond motifs is 1. The summed E-state index contributed by atoms with van der Waals surface area (Å²) >= 11 is 0. The van der Waals surface area contributed by atoms with Gasteiger partial charge in [0.25, 0.3) is 0 Å². The van der Waals surface area contributed by atoms with E-state index in [1.165, 1.54) is 6.42 Å². The molecule has 0 amide bonds. The van der Waals surface area contributed by atoms with Crippen molar-refractivity contribution in [3.05, 3.63) is 30.3 Å². The van der Waals surface area contributed by atoms with E-state index in [2.05, 4.69) is 29.8 Å². The van der Waals surface area contributed by atoms with Crippen LogP contribution in [0.4, 0.5) is 5.82 Å². The average Bonchev–Trinajstić information content (AvgIpc) is 2.38. The molecule has 1 aromatic heterocycles. The van der Waals surface area contributed by atoms with Gasteiger partial charge < -0.3 is 10.0 Å². The van der Waals surface area contributed by atoms with Crippen LogP contribution < -0.4 is 4.90 Å². The first-order chi connectivity index (χ1) is 9.13. The minimum absolute atomic E-state index is 0.262. The number of rotatable bonds is 1. The summed E-state index contributed by atoms with van der Waals surface area (Å²) in [6.45, 7) is 6.69. The van der Waals surface area contributed by atoms with Crippen LogP contribution in [-0.4, -0.2) is 23.2 Å². The maximum atomic E-state index is 9.92. The van der Waals surface area contributed by atoms with Crippen LogP contribution in [0.2, 0.25) is 0 Å². The van der Waals surface area contributed by atoms with Gasteiger partial charge in [-0.3, -0.25) is 0 Å². The van der Waals surface area contributed by atoms with Crippen molar-refractivity contribution in [3.63, 3.8) is 0 Å². The number of benzene rings is 1. The summed E-state index contributed by atoms with van der Waals surface area (Å²) in [5.41, 5.74) is 0.700. The highest BCUT2D eigenvalue weighted by Gasteiger charge is 2.22. The molecule has 0 saturated carbocycles. The number of aromatic hydroxyl groups is 1. The average molecular weight is 256 g/mol. The van der Waals surface area contributed by atoms with Gasteiger partial charge in [-0.05, 0) is 36.5 Å². The van der Waals surface area contributed by atoms with Gasteiger partial charge in [-0.2, -0.15) is 0 Å². The zero-order valence-corrected chi connectivity index (χ0v) is 11.5. The molecule has 0 bridgehead atoms. The fourth-order valence-electron chi connectivity index (χ4n) is 3.15. The molecule has 1 aliphatic heterocycles. The van der Waals surface area contributed by atoms with Crippen LogP contribution in [0, 0.1) is 11.8 Å². The Morgan fingerprint density at radius 3 is 2.58 bits per heavy atom. The molecule has 3 rings (SSSR count). The van der Waals surface area contributed by atoms with E-state index in [4.69, 9.17) is 0 Å². The van der Waals surface area contributed by atoms with Gasteiger partial charge in [0, 0.05) is 18.5 Å². The van der Waals surface area contributed by atoms with Gasteiger partial charge in [0.1, 0.15) is 17.1 Å². The zero-order valence-electron chi connectivity index (χ0n) is 11.5. The molecule has 0 aliphatic carbocycles. The highest BCUT2D eigenvalue weighted by molar-refractivity contribution is 5.85. The van der Waals surface area contributed by atoms with Crippen LogP contribution >= 0.6 is 0 Å². The number of pyridine rings is 1. The zero-order chi connectivity index (χ0) is 13.4. The number of hydrogen-bond acceptors (Lipinski definition) is 3. The lowest BCUT2D eigenvalue weighted by Crippen LogP contribution is -2.39. The molecule has 100 valence electrons. The lowest BCUT2D eigenvalue weighted by molar-refractivity contribution is 0.355. The van der Waals surface area contributed by atoms with Crippen molar-refractivity contribution >= 4 is 16.7 Å². The Morgan fingerprint density at radius 2 is 1.84 bits per heavy atom. The smallest absolute Gasteiger partial charge is 0.141 e. The number of nitrogens with zero attached hydrogens (tertiary/aromatic N) is 2. The highest BCUT2D eigenvalue weighted by Crippen LogP contribution is 2.29. The molecule has 0 spiro atoms. The second kappa shape index (κ2) is 4.72. The fourth-order valence-corrected chi connectivity index (χ4v) is 3.15. The van der Waals surface area contributed by atoms with Gasteiger partial charge in [0.05, 0.1) is 0 Å². The molecule has 2 heterocycles. The number of phenols is 1. The first-order valence-electron chi connectivity index (χ1n) is 6.97. The van der Waals surface area contributed by atoms with E-state index >= 15 is 0 Å². The Hall–Kier alpha value is -1.77. The van der Waals surface area contributed by atoms with Gasteiger partial charge in [-0.1, -0.05) is 26.0 Å². The van der Waals surface area contributed by atoms with Gasteiger partial charge in [0.2, 0.25) is 0 Å². The number of phenolic OH excluding ortho intramolecular Hbond substituents is 1. The summed E-state index contributed by atoms with van der Waals surface area (Å²) in [6, 6.07) is 9.63. The molecule has 3 heteroatoms. The molecule has 2 unspecified atom stereocenters. The molecule has 1 fully saturated rings. The van der Waals surface area contributed by atoms with E-state index in [-0.39, 0.29) is 5.75 Å². The van der Waals surface area contributed by atoms with Crippen molar-refractivity contribution in [1.29, 1.82) is 0 Å². The molecule has 1 saturated heterocycles. The normalized spacial score (nSPS) is 23.8. The second-order valence-electron chi connectivity index (χ2n) is 5.87. The van der Waals surface area contributed by atoms with E-state index in [0.717, 1.165) is 24.3 Å². The second-order valence-corrected chi connectivity index (χ2v) is 5.87. The number of piperidine rings is 1. The molecule has 1 N–H and O–H groups in total. The predicted molar refractivity (Wildman–Crippen MR) is 78.6 cm³/mol. The summed E-state index contributed by atoms with van der Waals surface area (Å²) < 4.78 is 0. The maximum Gasteiger partial charge on any atom is 0.141 e. The number of anilines is 1. The topological polar surface area (TPSA) is 36.4 Å². The molecular weight excluding hydrogens is 236 g/mol. The summed E-state index contributed by atoms with van der Waals surface area (Å²) in [7, 11) is 0. The monoisotopic (exact) mass is 256 g/mol. The van der Waals surface area contributed by atoms with Crippen molar-refractivity contribution in [3.8, 4) is 5.75 Å². The van der Waals surface area contributed by atoms with Gasteiger partial charge in [-0.25, -0.2) is 4.98 Å². The quantitative estimate of drug-likeness (QED) is 0.849. The lowest BCUT2D eigenvalue weighted by Gasteiger charge is -2.35. The van der Waals surface area contributed by atoms with Crippen molar-refractivity contribution in [2.75, 3.05) is 18.0 Å². The van der Waals surface area contributed by atoms with Gasteiger partial charge in [-0.15, -0.1) is 0 Å².